The lowest BCUT2D eigenvalue weighted by Gasteiger charge is -2.22. The first-order valence-corrected chi connectivity index (χ1v) is 7.38. The highest BCUT2D eigenvalue weighted by Gasteiger charge is 2.15. The van der Waals surface area contributed by atoms with Crippen LogP contribution in [0.4, 0.5) is 11.4 Å². The molecule has 1 aromatic carbocycles. The summed E-state index contributed by atoms with van der Waals surface area (Å²) in [7, 11) is 3.81. The summed E-state index contributed by atoms with van der Waals surface area (Å²) in [6.45, 7) is 8.31. The molecule has 0 fully saturated rings. The number of nitrogens with zero attached hydrogens (tertiary/aromatic N) is 3. The van der Waals surface area contributed by atoms with Crippen LogP contribution in [0.2, 0.25) is 0 Å². The number of carbonyl (C=O) groups excluding carboxylic acids is 1. The highest BCUT2D eigenvalue weighted by molar-refractivity contribution is 5.95. The molecule has 118 valence electrons. The zero-order valence-electron chi connectivity index (χ0n) is 14.2. The van der Waals surface area contributed by atoms with Gasteiger partial charge in [-0.25, -0.2) is 0 Å². The number of hydrogen-bond acceptors (Lipinski definition) is 3. The van der Waals surface area contributed by atoms with Crippen molar-refractivity contribution in [2.24, 2.45) is 7.05 Å². The molecule has 1 aromatic heterocycles. The Morgan fingerprint density at radius 3 is 2.55 bits per heavy atom. The number of aryl methyl sites for hydroxylation is 3. The van der Waals surface area contributed by atoms with E-state index in [1.54, 1.807) is 4.68 Å². The monoisotopic (exact) mass is 300 g/mol. The van der Waals surface area contributed by atoms with E-state index in [1.165, 1.54) is 11.1 Å². The first kappa shape index (κ1) is 16.1. The Labute approximate surface area is 131 Å². The fraction of sp³-hybridized carbons (Fsp3) is 0.412. The minimum Gasteiger partial charge on any atom is -0.365 e. The van der Waals surface area contributed by atoms with Crippen LogP contribution in [0.5, 0.6) is 0 Å². The van der Waals surface area contributed by atoms with Crippen molar-refractivity contribution in [1.82, 2.24) is 9.78 Å². The van der Waals surface area contributed by atoms with Crippen LogP contribution < -0.4 is 10.2 Å². The molecule has 0 spiro atoms. The van der Waals surface area contributed by atoms with Gasteiger partial charge in [-0.05, 0) is 44.9 Å². The van der Waals surface area contributed by atoms with Crippen molar-refractivity contribution in [3.8, 4) is 0 Å². The van der Waals surface area contributed by atoms with Gasteiger partial charge in [0.15, 0.2) is 0 Å². The van der Waals surface area contributed by atoms with Crippen LogP contribution in [0.1, 0.15) is 22.5 Å². The molecule has 0 saturated heterocycles. The van der Waals surface area contributed by atoms with E-state index in [0.717, 1.165) is 22.8 Å². The van der Waals surface area contributed by atoms with Crippen molar-refractivity contribution in [3.63, 3.8) is 0 Å². The third-order valence-corrected chi connectivity index (χ3v) is 4.14. The Bertz CT molecular complexity index is 703. The maximum absolute atomic E-state index is 12.3. The Kier molecular flexibility index (Phi) is 4.54. The van der Waals surface area contributed by atoms with Gasteiger partial charge in [0.05, 0.1) is 23.6 Å². The van der Waals surface area contributed by atoms with E-state index in [-0.39, 0.29) is 5.91 Å². The molecule has 0 unspecified atom stereocenters. The maximum Gasteiger partial charge on any atom is 0.243 e. The van der Waals surface area contributed by atoms with Crippen LogP contribution in [-0.4, -0.2) is 29.3 Å². The van der Waals surface area contributed by atoms with E-state index in [9.17, 15) is 4.79 Å². The van der Waals surface area contributed by atoms with E-state index in [4.69, 9.17) is 0 Å². The summed E-state index contributed by atoms with van der Waals surface area (Å²) in [5.41, 5.74) is 6.11. The Hall–Kier alpha value is -2.30. The van der Waals surface area contributed by atoms with Gasteiger partial charge in [-0.1, -0.05) is 12.1 Å². The topological polar surface area (TPSA) is 50.2 Å². The summed E-state index contributed by atoms with van der Waals surface area (Å²) in [4.78, 5) is 14.3. The second-order valence-corrected chi connectivity index (χ2v) is 5.79. The average molecular weight is 300 g/mol. The minimum absolute atomic E-state index is 0.0393. The molecule has 0 saturated carbocycles. The lowest BCUT2D eigenvalue weighted by molar-refractivity contribution is -0.114. The zero-order chi connectivity index (χ0) is 16.4. The summed E-state index contributed by atoms with van der Waals surface area (Å²) >= 11 is 0. The summed E-state index contributed by atoms with van der Waals surface area (Å²) < 4.78 is 1.78. The smallest absolute Gasteiger partial charge is 0.243 e. The lowest BCUT2D eigenvalue weighted by atomic mass is 10.1. The first-order chi connectivity index (χ1) is 10.3. The predicted molar refractivity (Wildman–Crippen MR) is 90.5 cm³/mol. The fourth-order valence-electron chi connectivity index (χ4n) is 2.58. The van der Waals surface area contributed by atoms with E-state index < -0.39 is 0 Å². The van der Waals surface area contributed by atoms with Gasteiger partial charge in [0.2, 0.25) is 5.91 Å². The quantitative estimate of drug-likeness (QED) is 0.944. The normalized spacial score (nSPS) is 10.6. The zero-order valence-corrected chi connectivity index (χ0v) is 14.2. The number of rotatable bonds is 4. The molecule has 0 aliphatic rings. The predicted octanol–water partition coefficient (Wildman–Crippen LogP) is 2.73. The standard InChI is InChI=1S/C17H24N4O/c1-11-8-7-9-15(12(11)2)20(5)10-16(22)18-17-13(3)19-21(6)14(17)4/h7-9H,10H2,1-6H3,(H,18,22). The van der Waals surface area contributed by atoms with Gasteiger partial charge in [-0.15, -0.1) is 0 Å². The van der Waals surface area contributed by atoms with E-state index in [2.05, 4.69) is 30.3 Å². The molecule has 22 heavy (non-hydrogen) atoms. The van der Waals surface area contributed by atoms with Gasteiger partial charge in [0.1, 0.15) is 0 Å². The number of carbonyl (C=O) groups is 1. The SMILES string of the molecule is Cc1cccc(N(C)CC(=O)Nc2c(C)nn(C)c2C)c1C. The van der Waals surface area contributed by atoms with Gasteiger partial charge in [-0.2, -0.15) is 5.10 Å². The largest absolute Gasteiger partial charge is 0.365 e. The third-order valence-electron chi connectivity index (χ3n) is 4.14. The molecule has 1 N–H and O–H groups in total. The summed E-state index contributed by atoms with van der Waals surface area (Å²) in [6, 6.07) is 6.13. The number of likely N-dealkylation sites (N-methyl/N-ethyl adjacent to an activating group) is 1. The molecule has 0 atom stereocenters. The Morgan fingerprint density at radius 2 is 1.95 bits per heavy atom. The van der Waals surface area contributed by atoms with Gasteiger partial charge in [-0.3, -0.25) is 9.48 Å². The van der Waals surface area contributed by atoms with Crippen LogP contribution in [0, 0.1) is 27.7 Å². The van der Waals surface area contributed by atoms with Crippen LogP contribution in [0.3, 0.4) is 0 Å². The van der Waals surface area contributed by atoms with E-state index >= 15 is 0 Å². The van der Waals surface area contributed by atoms with Gasteiger partial charge < -0.3 is 10.2 Å². The third kappa shape index (κ3) is 3.13. The Morgan fingerprint density at radius 1 is 1.27 bits per heavy atom. The van der Waals surface area contributed by atoms with Gasteiger partial charge in [0, 0.05) is 19.8 Å². The van der Waals surface area contributed by atoms with Crippen molar-refractivity contribution in [2.45, 2.75) is 27.7 Å². The lowest BCUT2D eigenvalue weighted by Crippen LogP contribution is -2.30. The summed E-state index contributed by atoms with van der Waals surface area (Å²) in [6.07, 6.45) is 0. The van der Waals surface area contributed by atoms with Crippen molar-refractivity contribution >= 4 is 17.3 Å². The van der Waals surface area contributed by atoms with Crippen molar-refractivity contribution < 1.29 is 4.79 Å². The molecular formula is C17H24N4O. The highest BCUT2D eigenvalue weighted by atomic mass is 16.2. The molecule has 2 aromatic rings. The molecule has 0 bridgehead atoms. The van der Waals surface area contributed by atoms with Gasteiger partial charge >= 0.3 is 0 Å². The fourth-order valence-corrected chi connectivity index (χ4v) is 2.58. The molecular weight excluding hydrogens is 276 g/mol. The van der Waals surface area contributed by atoms with Crippen molar-refractivity contribution in [1.29, 1.82) is 0 Å². The Balaban J connectivity index is 2.10. The molecule has 0 aliphatic carbocycles. The van der Waals surface area contributed by atoms with Crippen LogP contribution >= 0.6 is 0 Å². The molecule has 0 aliphatic heterocycles. The molecule has 1 heterocycles. The molecule has 2 rings (SSSR count). The average Bonchev–Trinajstić information content (AvgIpc) is 2.68. The second kappa shape index (κ2) is 6.22. The van der Waals surface area contributed by atoms with E-state index in [0.29, 0.717) is 6.54 Å². The number of benzene rings is 1. The van der Waals surface area contributed by atoms with Gasteiger partial charge in [0.25, 0.3) is 0 Å². The first-order valence-electron chi connectivity index (χ1n) is 7.38. The summed E-state index contributed by atoms with van der Waals surface area (Å²) in [5.74, 6) is -0.0393. The van der Waals surface area contributed by atoms with Crippen molar-refractivity contribution in [3.05, 3.63) is 40.7 Å². The number of nitrogens with one attached hydrogen (secondary N) is 1. The highest BCUT2D eigenvalue weighted by Crippen LogP contribution is 2.22. The minimum atomic E-state index is -0.0393. The number of hydrogen-bond donors (Lipinski definition) is 1. The van der Waals surface area contributed by atoms with Crippen LogP contribution in [-0.2, 0) is 11.8 Å². The molecule has 5 heteroatoms. The maximum atomic E-state index is 12.3. The van der Waals surface area contributed by atoms with Crippen LogP contribution in [0.15, 0.2) is 18.2 Å². The number of aromatic nitrogens is 2. The second-order valence-electron chi connectivity index (χ2n) is 5.79. The number of anilines is 2. The van der Waals surface area contributed by atoms with Crippen molar-refractivity contribution in [2.75, 3.05) is 23.8 Å². The molecule has 0 radical (unpaired) electrons. The van der Waals surface area contributed by atoms with Crippen LogP contribution in [0.25, 0.3) is 0 Å². The van der Waals surface area contributed by atoms with E-state index in [1.807, 2.05) is 45.0 Å². The summed E-state index contributed by atoms with van der Waals surface area (Å²) in [5, 5.41) is 7.29. The number of amides is 1. The molecule has 5 nitrogen and oxygen atoms in total. The molecule has 1 amide bonds.